The number of benzene rings is 1. The second kappa shape index (κ2) is 5.05. The van der Waals surface area contributed by atoms with Gasteiger partial charge in [0.2, 0.25) is 10.0 Å². The van der Waals surface area contributed by atoms with E-state index in [9.17, 15) is 12.8 Å². The summed E-state index contributed by atoms with van der Waals surface area (Å²) in [5, 5.41) is 6.02. The molecule has 0 atom stereocenters. The molecule has 0 aliphatic carbocycles. The van der Waals surface area contributed by atoms with Crippen molar-refractivity contribution in [1.29, 1.82) is 0 Å². The minimum atomic E-state index is -3.72. The maximum atomic E-state index is 12.9. The molecule has 1 aromatic heterocycles. The van der Waals surface area contributed by atoms with E-state index in [0.29, 0.717) is 5.56 Å². The number of nitrogens with zero attached hydrogens (tertiary/aromatic N) is 1. The summed E-state index contributed by atoms with van der Waals surface area (Å²) in [5.74, 6) is -0.662. The Morgan fingerprint density at radius 3 is 2.83 bits per heavy atom. The van der Waals surface area contributed by atoms with Crippen molar-refractivity contribution >= 4 is 21.6 Å². The molecule has 0 radical (unpaired) electrons. The molecule has 0 spiro atoms. The molecular formula is C10H9ClFN3O2S. The van der Waals surface area contributed by atoms with E-state index in [0.717, 1.165) is 18.2 Å². The Kier molecular flexibility index (Phi) is 3.65. The van der Waals surface area contributed by atoms with Crippen LogP contribution in [-0.4, -0.2) is 18.6 Å². The molecule has 96 valence electrons. The lowest BCUT2D eigenvalue weighted by molar-refractivity contribution is 0.580. The van der Waals surface area contributed by atoms with Gasteiger partial charge in [0, 0.05) is 18.3 Å². The van der Waals surface area contributed by atoms with E-state index in [1.54, 1.807) is 6.20 Å². The second-order valence-electron chi connectivity index (χ2n) is 3.51. The van der Waals surface area contributed by atoms with Crippen molar-refractivity contribution in [3.63, 3.8) is 0 Å². The Morgan fingerprint density at radius 1 is 1.44 bits per heavy atom. The minimum absolute atomic E-state index is 0.0857. The highest BCUT2D eigenvalue weighted by Gasteiger charge is 2.15. The third kappa shape index (κ3) is 2.87. The first kappa shape index (κ1) is 13.0. The van der Waals surface area contributed by atoms with Crippen LogP contribution in [0.5, 0.6) is 0 Å². The standard InChI is InChI=1S/C10H9ClFN3O2S/c11-9-3-8(1-2-10(9)12)18(16,17)15-6-7-4-13-14-5-7/h1-5,15H,6H2,(H,13,14). The molecule has 8 heteroatoms. The molecule has 0 amide bonds. The predicted molar refractivity (Wildman–Crippen MR) is 64.0 cm³/mol. The van der Waals surface area contributed by atoms with E-state index >= 15 is 0 Å². The third-order valence-electron chi connectivity index (χ3n) is 2.22. The van der Waals surface area contributed by atoms with Gasteiger partial charge in [-0.2, -0.15) is 5.10 Å². The third-order valence-corrected chi connectivity index (χ3v) is 3.91. The van der Waals surface area contributed by atoms with Gasteiger partial charge in [-0.1, -0.05) is 11.6 Å². The van der Waals surface area contributed by atoms with E-state index in [1.165, 1.54) is 6.20 Å². The SMILES string of the molecule is O=S(=O)(NCc1cn[nH]c1)c1ccc(F)c(Cl)c1. The maximum absolute atomic E-state index is 12.9. The largest absolute Gasteiger partial charge is 0.285 e. The zero-order valence-corrected chi connectivity index (χ0v) is 10.6. The van der Waals surface area contributed by atoms with E-state index in [1.807, 2.05) is 0 Å². The normalized spacial score (nSPS) is 11.7. The molecule has 0 saturated carbocycles. The van der Waals surface area contributed by atoms with Crippen LogP contribution < -0.4 is 4.72 Å². The molecule has 0 aliphatic rings. The van der Waals surface area contributed by atoms with Crippen LogP contribution >= 0.6 is 11.6 Å². The first-order valence-corrected chi connectivity index (χ1v) is 6.77. The Morgan fingerprint density at radius 2 is 2.22 bits per heavy atom. The minimum Gasteiger partial charge on any atom is -0.285 e. The van der Waals surface area contributed by atoms with Gasteiger partial charge in [-0.3, -0.25) is 5.10 Å². The van der Waals surface area contributed by atoms with Crippen LogP contribution in [0.4, 0.5) is 4.39 Å². The van der Waals surface area contributed by atoms with Crippen LogP contribution in [0.1, 0.15) is 5.56 Å². The van der Waals surface area contributed by atoms with Gasteiger partial charge < -0.3 is 0 Å². The fraction of sp³-hybridized carbons (Fsp3) is 0.100. The van der Waals surface area contributed by atoms with E-state index in [2.05, 4.69) is 14.9 Å². The van der Waals surface area contributed by atoms with Gasteiger partial charge in [0.05, 0.1) is 16.1 Å². The number of rotatable bonds is 4. The number of hydrogen-bond donors (Lipinski definition) is 2. The second-order valence-corrected chi connectivity index (χ2v) is 5.68. The number of hydrogen-bond acceptors (Lipinski definition) is 3. The van der Waals surface area contributed by atoms with Crippen molar-refractivity contribution in [3.8, 4) is 0 Å². The molecule has 0 saturated heterocycles. The average Bonchev–Trinajstić information content (AvgIpc) is 2.83. The topological polar surface area (TPSA) is 74.8 Å². The Hall–Kier alpha value is -1.44. The molecule has 5 nitrogen and oxygen atoms in total. The fourth-order valence-corrected chi connectivity index (χ4v) is 2.57. The summed E-state index contributed by atoms with van der Waals surface area (Å²) in [6.45, 7) is 0.0911. The van der Waals surface area contributed by atoms with Gasteiger partial charge in [-0.15, -0.1) is 0 Å². The quantitative estimate of drug-likeness (QED) is 0.899. The van der Waals surface area contributed by atoms with Crippen molar-refractivity contribution in [2.45, 2.75) is 11.4 Å². The lowest BCUT2D eigenvalue weighted by atomic mass is 10.3. The number of nitrogens with one attached hydrogen (secondary N) is 2. The van der Waals surface area contributed by atoms with Crippen molar-refractivity contribution in [3.05, 3.63) is 47.0 Å². The summed E-state index contributed by atoms with van der Waals surface area (Å²) < 4.78 is 39.0. The monoisotopic (exact) mass is 289 g/mol. The number of aromatic amines is 1. The number of H-pyrrole nitrogens is 1. The van der Waals surface area contributed by atoms with Crippen molar-refractivity contribution in [2.75, 3.05) is 0 Å². The summed E-state index contributed by atoms with van der Waals surface area (Å²) in [5.41, 5.74) is 0.687. The van der Waals surface area contributed by atoms with Crippen LogP contribution in [0.15, 0.2) is 35.5 Å². The molecule has 0 unspecified atom stereocenters. The zero-order valence-electron chi connectivity index (χ0n) is 9.02. The first-order chi connectivity index (χ1) is 8.49. The molecule has 1 heterocycles. The highest BCUT2D eigenvalue weighted by Crippen LogP contribution is 2.19. The Bertz CT molecular complexity index is 643. The van der Waals surface area contributed by atoms with Crippen LogP contribution in [0.25, 0.3) is 0 Å². The molecular weight excluding hydrogens is 281 g/mol. The van der Waals surface area contributed by atoms with E-state index in [4.69, 9.17) is 11.6 Å². The van der Waals surface area contributed by atoms with E-state index < -0.39 is 15.8 Å². The van der Waals surface area contributed by atoms with Gasteiger partial charge in [-0.05, 0) is 18.2 Å². The molecule has 0 aliphatic heterocycles. The highest BCUT2D eigenvalue weighted by molar-refractivity contribution is 7.89. The number of aromatic nitrogens is 2. The van der Waals surface area contributed by atoms with Crippen LogP contribution in [0.3, 0.4) is 0 Å². The smallest absolute Gasteiger partial charge is 0.240 e. The number of halogens is 2. The molecule has 0 fully saturated rings. The summed E-state index contributed by atoms with van der Waals surface area (Å²) in [6, 6.07) is 3.22. The van der Waals surface area contributed by atoms with Gasteiger partial charge in [0.15, 0.2) is 0 Å². The summed E-state index contributed by atoms with van der Waals surface area (Å²) in [4.78, 5) is -0.0857. The Labute approximate surface area is 108 Å². The molecule has 1 aromatic carbocycles. The van der Waals surface area contributed by atoms with Crippen LogP contribution in [0, 0.1) is 5.82 Å². The zero-order chi connectivity index (χ0) is 13.2. The molecule has 0 bridgehead atoms. The molecule has 18 heavy (non-hydrogen) atoms. The lowest BCUT2D eigenvalue weighted by Gasteiger charge is -2.06. The molecule has 2 N–H and O–H groups in total. The molecule has 2 aromatic rings. The first-order valence-electron chi connectivity index (χ1n) is 4.91. The van der Waals surface area contributed by atoms with E-state index in [-0.39, 0.29) is 16.5 Å². The Balaban J connectivity index is 2.17. The summed E-state index contributed by atoms with van der Waals surface area (Å²) >= 11 is 5.54. The van der Waals surface area contributed by atoms with Crippen molar-refractivity contribution in [1.82, 2.24) is 14.9 Å². The van der Waals surface area contributed by atoms with Crippen molar-refractivity contribution in [2.24, 2.45) is 0 Å². The van der Waals surface area contributed by atoms with Crippen LogP contribution in [0.2, 0.25) is 5.02 Å². The summed E-state index contributed by atoms with van der Waals surface area (Å²) in [7, 11) is -3.72. The highest BCUT2D eigenvalue weighted by atomic mass is 35.5. The number of sulfonamides is 1. The van der Waals surface area contributed by atoms with Gasteiger partial charge in [-0.25, -0.2) is 17.5 Å². The van der Waals surface area contributed by atoms with Gasteiger partial charge in [0.1, 0.15) is 5.82 Å². The fourth-order valence-electron chi connectivity index (χ4n) is 1.28. The van der Waals surface area contributed by atoms with Gasteiger partial charge in [0.25, 0.3) is 0 Å². The average molecular weight is 290 g/mol. The lowest BCUT2D eigenvalue weighted by Crippen LogP contribution is -2.23. The van der Waals surface area contributed by atoms with Crippen LogP contribution in [-0.2, 0) is 16.6 Å². The predicted octanol–water partition coefficient (Wildman–Crippen LogP) is 1.68. The van der Waals surface area contributed by atoms with Gasteiger partial charge >= 0.3 is 0 Å². The maximum Gasteiger partial charge on any atom is 0.240 e. The molecule has 2 rings (SSSR count). The summed E-state index contributed by atoms with van der Waals surface area (Å²) in [6.07, 6.45) is 3.07. The van der Waals surface area contributed by atoms with Crippen molar-refractivity contribution < 1.29 is 12.8 Å².